The number of aryl methyl sites for hydroxylation is 2. The number of ketones is 1. The van der Waals surface area contributed by atoms with Crippen molar-refractivity contribution in [3.8, 4) is 23.0 Å². The molecular formula is C24H31NO5. The van der Waals surface area contributed by atoms with Gasteiger partial charge in [0.05, 0.1) is 14.2 Å². The van der Waals surface area contributed by atoms with Crippen LogP contribution < -0.4 is 14.8 Å². The summed E-state index contributed by atoms with van der Waals surface area (Å²) in [7, 11) is 3.04. The van der Waals surface area contributed by atoms with Gasteiger partial charge in [0.15, 0.2) is 28.8 Å². The van der Waals surface area contributed by atoms with E-state index in [1.807, 2.05) is 25.1 Å². The molecule has 3 N–H and O–H groups in total. The molecule has 2 aromatic rings. The van der Waals surface area contributed by atoms with Crippen molar-refractivity contribution in [3.63, 3.8) is 0 Å². The van der Waals surface area contributed by atoms with Crippen molar-refractivity contribution in [2.75, 3.05) is 20.8 Å². The highest BCUT2D eigenvalue weighted by Crippen LogP contribution is 2.32. The Kier molecular flexibility index (Phi) is 9.22. The first kappa shape index (κ1) is 23.3. The number of allylic oxidation sites excluding steroid dienone is 2. The van der Waals surface area contributed by atoms with E-state index >= 15 is 0 Å². The van der Waals surface area contributed by atoms with Gasteiger partial charge in [-0.3, -0.25) is 4.79 Å². The van der Waals surface area contributed by atoms with Crippen LogP contribution in [0.15, 0.2) is 42.5 Å². The van der Waals surface area contributed by atoms with Crippen molar-refractivity contribution in [2.24, 2.45) is 0 Å². The minimum atomic E-state index is 0.0539. The maximum absolute atomic E-state index is 12.1. The number of carbonyl (C=O) groups is 1. The smallest absolute Gasteiger partial charge is 0.162 e. The predicted octanol–water partition coefficient (Wildman–Crippen LogP) is 3.92. The van der Waals surface area contributed by atoms with Gasteiger partial charge >= 0.3 is 0 Å². The summed E-state index contributed by atoms with van der Waals surface area (Å²) in [5.74, 6) is 1.18. The molecule has 0 aliphatic heterocycles. The van der Waals surface area contributed by atoms with Gasteiger partial charge in [0.2, 0.25) is 0 Å². The van der Waals surface area contributed by atoms with Crippen molar-refractivity contribution in [3.05, 3.63) is 59.2 Å². The van der Waals surface area contributed by atoms with E-state index < -0.39 is 0 Å². The quantitative estimate of drug-likeness (QED) is 0.457. The Labute approximate surface area is 178 Å². The zero-order valence-corrected chi connectivity index (χ0v) is 17.9. The van der Waals surface area contributed by atoms with Gasteiger partial charge in [-0.25, -0.2) is 0 Å². The zero-order valence-electron chi connectivity index (χ0n) is 17.9. The van der Waals surface area contributed by atoms with E-state index in [4.69, 9.17) is 9.47 Å². The van der Waals surface area contributed by atoms with E-state index in [9.17, 15) is 15.0 Å². The van der Waals surface area contributed by atoms with Crippen molar-refractivity contribution in [2.45, 2.75) is 39.2 Å². The van der Waals surface area contributed by atoms with Crippen LogP contribution >= 0.6 is 0 Å². The van der Waals surface area contributed by atoms with Crippen molar-refractivity contribution < 1.29 is 24.5 Å². The summed E-state index contributed by atoms with van der Waals surface area (Å²) in [6, 6.07) is 8.91. The molecular weight excluding hydrogens is 382 g/mol. The fraction of sp³-hybridized carbons (Fsp3) is 0.375. The molecule has 0 heterocycles. The molecule has 0 aliphatic rings. The standard InChI is InChI=1S/C24H31NO5/c1-4-25-16-19-13-18(15-23(30-3)24(19)28)7-5-6-8-20(26)11-9-17-10-12-21(27)22(14-17)29-2/h6,8,10,12-15,25,27-28H,4-5,7,9,11,16H2,1-3H3. The van der Waals surface area contributed by atoms with Crippen molar-refractivity contribution in [1.29, 1.82) is 0 Å². The highest BCUT2D eigenvalue weighted by Gasteiger charge is 2.10. The molecule has 0 aromatic heterocycles. The molecule has 0 saturated carbocycles. The van der Waals surface area contributed by atoms with E-state index in [1.165, 1.54) is 14.2 Å². The van der Waals surface area contributed by atoms with Crippen LogP contribution in [-0.2, 0) is 24.2 Å². The maximum atomic E-state index is 12.1. The second-order valence-corrected chi connectivity index (χ2v) is 7.00. The lowest BCUT2D eigenvalue weighted by atomic mass is 10.0. The highest BCUT2D eigenvalue weighted by molar-refractivity contribution is 5.89. The van der Waals surface area contributed by atoms with Gasteiger partial charge in [0, 0.05) is 18.5 Å². The van der Waals surface area contributed by atoms with Gasteiger partial charge in [-0.2, -0.15) is 0 Å². The Morgan fingerprint density at radius 2 is 1.77 bits per heavy atom. The number of aromatic hydroxyl groups is 2. The first-order valence-corrected chi connectivity index (χ1v) is 10.1. The number of ether oxygens (including phenoxy) is 2. The number of nitrogens with one attached hydrogen (secondary N) is 1. The molecule has 0 fully saturated rings. The number of hydrogen-bond acceptors (Lipinski definition) is 6. The molecule has 6 heteroatoms. The topological polar surface area (TPSA) is 88.0 Å². The number of benzene rings is 2. The molecule has 2 rings (SSSR count). The van der Waals surface area contributed by atoms with Crippen molar-refractivity contribution in [1.82, 2.24) is 5.32 Å². The Balaban J connectivity index is 1.87. The van der Waals surface area contributed by atoms with Gasteiger partial charge in [-0.15, -0.1) is 0 Å². The lowest BCUT2D eigenvalue weighted by Crippen LogP contribution is -2.12. The fourth-order valence-electron chi connectivity index (χ4n) is 3.12. The highest BCUT2D eigenvalue weighted by atomic mass is 16.5. The number of hydrogen-bond donors (Lipinski definition) is 3. The lowest BCUT2D eigenvalue weighted by molar-refractivity contribution is -0.114. The largest absolute Gasteiger partial charge is 0.504 e. The SMILES string of the molecule is CCNCc1cc(CCC=CC(=O)CCc2ccc(O)c(OC)c2)cc(OC)c1O. The fourth-order valence-corrected chi connectivity index (χ4v) is 3.12. The van der Waals surface area contributed by atoms with Crippen LogP contribution in [0.25, 0.3) is 0 Å². The van der Waals surface area contributed by atoms with Crippen LogP contribution in [0.1, 0.15) is 36.5 Å². The molecule has 162 valence electrons. The van der Waals surface area contributed by atoms with Crippen LogP contribution in [-0.4, -0.2) is 36.8 Å². The van der Waals surface area contributed by atoms with Gasteiger partial charge in [0.1, 0.15) is 0 Å². The average molecular weight is 414 g/mol. The molecule has 30 heavy (non-hydrogen) atoms. The van der Waals surface area contributed by atoms with Crippen LogP contribution in [0.2, 0.25) is 0 Å². The molecule has 0 amide bonds. The number of rotatable bonds is 12. The third-order valence-corrected chi connectivity index (χ3v) is 4.81. The lowest BCUT2D eigenvalue weighted by Gasteiger charge is -2.12. The van der Waals surface area contributed by atoms with Gasteiger partial charge in [-0.1, -0.05) is 25.1 Å². The number of phenols is 2. The second-order valence-electron chi connectivity index (χ2n) is 7.00. The Hall–Kier alpha value is -2.99. The summed E-state index contributed by atoms with van der Waals surface area (Å²) >= 11 is 0. The summed E-state index contributed by atoms with van der Waals surface area (Å²) in [5.41, 5.74) is 2.79. The maximum Gasteiger partial charge on any atom is 0.162 e. The summed E-state index contributed by atoms with van der Waals surface area (Å²) in [4.78, 5) is 12.1. The molecule has 0 atom stereocenters. The molecule has 0 bridgehead atoms. The molecule has 0 radical (unpaired) electrons. The summed E-state index contributed by atoms with van der Waals surface area (Å²) in [6.45, 7) is 3.40. The first-order chi connectivity index (χ1) is 14.5. The molecule has 2 aromatic carbocycles. The Morgan fingerprint density at radius 1 is 1.03 bits per heavy atom. The van der Waals surface area contributed by atoms with Gasteiger partial charge in [-0.05, 0) is 61.2 Å². The third kappa shape index (κ3) is 6.81. The molecule has 0 saturated heterocycles. The zero-order chi connectivity index (χ0) is 21.9. The molecule has 0 aliphatic carbocycles. The Morgan fingerprint density at radius 3 is 2.47 bits per heavy atom. The monoisotopic (exact) mass is 413 g/mol. The number of methoxy groups -OCH3 is 2. The first-order valence-electron chi connectivity index (χ1n) is 10.1. The van der Waals surface area contributed by atoms with E-state index in [2.05, 4.69) is 5.32 Å². The van der Waals surface area contributed by atoms with Gasteiger partial charge in [0.25, 0.3) is 0 Å². The Bertz CT molecular complexity index is 876. The van der Waals surface area contributed by atoms with Crippen LogP contribution in [0, 0.1) is 0 Å². The number of carbonyl (C=O) groups excluding carboxylic acids is 1. The molecule has 0 spiro atoms. The van der Waals surface area contributed by atoms with Crippen LogP contribution in [0.4, 0.5) is 0 Å². The van der Waals surface area contributed by atoms with E-state index in [0.29, 0.717) is 37.3 Å². The summed E-state index contributed by atoms with van der Waals surface area (Å²) in [6.07, 6.45) is 5.94. The third-order valence-electron chi connectivity index (χ3n) is 4.81. The average Bonchev–Trinajstić information content (AvgIpc) is 2.75. The van der Waals surface area contributed by atoms with Gasteiger partial charge < -0.3 is 25.0 Å². The minimum absolute atomic E-state index is 0.0539. The van der Waals surface area contributed by atoms with Crippen LogP contribution in [0.3, 0.4) is 0 Å². The summed E-state index contributed by atoms with van der Waals surface area (Å²) in [5, 5.41) is 23.1. The normalized spacial score (nSPS) is 11.0. The van der Waals surface area contributed by atoms with E-state index in [1.54, 1.807) is 24.3 Å². The predicted molar refractivity (Wildman–Crippen MR) is 117 cm³/mol. The van der Waals surface area contributed by atoms with E-state index in [-0.39, 0.29) is 17.3 Å². The van der Waals surface area contributed by atoms with Crippen LogP contribution in [0.5, 0.6) is 23.0 Å². The second kappa shape index (κ2) is 11.9. The number of phenolic OH excluding ortho intramolecular Hbond substituents is 2. The minimum Gasteiger partial charge on any atom is -0.504 e. The van der Waals surface area contributed by atoms with Crippen molar-refractivity contribution >= 4 is 5.78 Å². The molecule has 0 unspecified atom stereocenters. The van der Waals surface area contributed by atoms with E-state index in [0.717, 1.165) is 29.7 Å². The summed E-state index contributed by atoms with van der Waals surface area (Å²) < 4.78 is 10.4. The molecule has 6 nitrogen and oxygen atoms in total.